The van der Waals surface area contributed by atoms with Gasteiger partial charge in [-0.2, -0.15) is 0 Å². The average molecular weight is 759 g/mol. The molecule has 6 rings (SSSR count). The quantitative estimate of drug-likeness (QED) is 0.162. The molecule has 3 heteroatoms. The zero-order chi connectivity index (χ0) is 33.3. The summed E-state index contributed by atoms with van der Waals surface area (Å²) in [7, 11) is 0. The number of halogens is 2. The van der Waals surface area contributed by atoms with E-state index >= 15 is 0 Å². The van der Waals surface area contributed by atoms with Crippen molar-refractivity contribution in [2.24, 2.45) is 0 Å². The summed E-state index contributed by atoms with van der Waals surface area (Å²) >= 11 is -4.82. The molecule has 0 spiro atoms. The second kappa shape index (κ2) is 13.4. The average Bonchev–Trinajstić information content (AvgIpc) is 3.68. The van der Waals surface area contributed by atoms with Crippen molar-refractivity contribution in [2.45, 2.75) is 105 Å². The Morgan fingerprint density at radius 3 is 1.56 bits per heavy atom. The van der Waals surface area contributed by atoms with Crippen LogP contribution in [0.15, 0.2) is 100 Å². The molecule has 254 valence electrons. The molecule has 4 aromatic carbocycles. The Kier molecular flexibility index (Phi) is 10.8. The molecule has 0 aromatic heterocycles. The van der Waals surface area contributed by atoms with E-state index in [0.29, 0.717) is 11.8 Å². The van der Waals surface area contributed by atoms with E-state index in [-0.39, 0.29) is 35.6 Å². The van der Waals surface area contributed by atoms with Crippen LogP contribution in [-0.2, 0) is 35.5 Å². The fourth-order valence-electron chi connectivity index (χ4n) is 8.02. The van der Waals surface area contributed by atoms with Crippen LogP contribution < -0.4 is 9.81 Å². The van der Waals surface area contributed by atoms with Crippen LogP contribution in [-0.4, -0.2) is 4.21 Å². The second-order valence-corrected chi connectivity index (χ2v) is 29.8. The van der Waals surface area contributed by atoms with Gasteiger partial charge in [0.15, 0.2) is 0 Å². The first-order valence-electron chi connectivity index (χ1n) is 17.5. The third kappa shape index (κ3) is 6.16. The molecule has 0 bridgehead atoms. The zero-order valence-corrected chi connectivity index (χ0v) is 34.9. The third-order valence-electron chi connectivity index (χ3n) is 11.3. The van der Waals surface area contributed by atoms with Gasteiger partial charge in [-0.25, -0.2) is 0 Å². The van der Waals surface area contributed by atoms with Crippen LogP contribution in [0.25, 0.3) is 11.1 Å². The first-order valence-corrected chi connectivity index (χ1v) is 24.1. The molecule has 0 unspecified atom stereocenters. The van der Waals surface area contributed by atoms with E-state index in [1.54, 1.807) is 0 Å². The molecule has 0 N–H and O–H groups in total. The van der Waals surface area contributed by atoms with Crippen molar-refractivity contribution in [2.75, 3.05) is 0 Å². The summed E-state index contributed by atoms with van der Waals surface area (Å²) in [5.74, 6) is 0.967. The standard InChI is InChI=1S/C21H25.2C9H11.C5H5.CH2.2ClH.Zr/c1-20(2,3)16-9-7-14-11-15-8-10-17(21(4,5)6)13-19(15)18(14)12-16;2*1-8(2)9-6-4-3-5-7-9;1-2-4-5-3-1;;;;/h7,9-10,12-13H,11H2,1-6H3;2*4-8H,1-2H3;1-3H,4H2;1H2;2*1H;. The van der Waals surface area contributed by atoms with E-state index in [9.17, 15) is 0 Å². The van der Waals surface area contributed by atoms with Gasteiger partial charge in [-0.15, -0.1) is 24.8 Å². The molecule has 2 aliphatic carbocycles. The summed E-state index contributed by atoms with van der Waals surface area (Å²) in [6.07, 6.45) is 9.01. The zero-order valence-electron chi connectivity index (χ0n) is 30.8. The van der Waals surface area contributed by atoms with E-state index in [2.05, 4.69) is 166 Å². The van der Waals surface area contributed by atoms with Crippen molar-refractivity contribution >= 4 is 38.8 Å². The first-order chi connectivity index (χ1) is 21.5. The summed E-state index contributed by atoms with van der Waals surface area (Å²) in [5, 5.41) is 0. The van der Waals surface area contributed by atoms with Crippen LogP contribution in [0.3, 0.4) is 0 Å². The molecular formula is C45H56Cl2Zr. The van der Waals surface area contributed by atoms with Gasteiger partial charge in [0, 0.05) is 0 Å². The van der Waals surface area contributed by atoms with Gasteiger partial charge in [-0.05, 0) is 0 Å². The number of hydrogen-bond acceptors (Lipinski definition) is 0. The van der Waals surface area contributed by atoms with Gasteiger partial charge in [-0.1, -0.05) is 0 Å². The van der Waals surface area contributed by atoms with E-state index in [1.807, 2.05) is 0 Å². The number of benzene rings is 4. The van der Waals surface area contributed by atoms with Crippen molar-refractivity contribution in [3.8, 4) is 11.1 Å². The van der Waals surface area contributed by atoms with Crippen molar-refractivity contribution in [1.82, 2.24) is 0 Å². The van der Waals surface area contributed by atoms with Gasteiger partial charge in [0.05, 0.1) is 0 Å². The number of fused-ring (bicyclic) bond motifs is 3. The maximum atomic E-state index is 5.76. The minimum atomic E-state index is -4.82. The number of hydrogen-bond donors (Lipinski definition) is 0. The van der Waals surface area contributed by atoms with E-state index in [1.165, 1.54) is 57.6 Å². The Morgan fingerprint density at radius 2 is 1.12 bits per heavy atom. The Labute approximate surface area is 304 Å². The van der Waals surface area contributed by atoms with Gasteiger partial charge in [0.1, 0.15) is 0 Å². The first kappa shape index (κ1) is 38.5. The Balaban J connectivity index is 0.00000260. The molecule has 0 aliphatic heterocycles. The van der Waals surface area contributed by atoms with Crippen LogP contribution in [0.5, 0.6) is 0 Å². The van der Waals surface area contributed by atoms with Crippen LogP contribution in [0.4, 0.5) is 0 Å². The van der Waals surface area contributed by atoms with Crippen LogP contribution in [0, 0.1) is 0 Å². The molecule has 0 fully saturated rings. The van der Waals surface area contributed by atoms with Crippen molar-refractivity contribution in [1.29, 1.82) is 0 Å². The second-order valence-electron chi connectivity index (χ2n) is 16.9. The predicted molar refractivity (Wildman–Crippen MR) is 216 cm³/mol. The molecule has 48 heavy (non-hydrogen) atoms. The molecule has 2 aliphatic rings. The predicted octanol–water partition coefficient (Wildman–Crippen LogP) is 11.2. The summed E-state index contributed by atoms with van der Waals surface area (Å²) < 4.78 is 11.7. The van der Waals surface area contributed by atoms with Crippen molar-refractivity contribution < 1.29 is 18.3 Å². The molecule has 0 atom stereocenters. The SMILES string of the molecule is Cl.Cl.[CH2]=[Zr]([C]1=CC=CC1)([c]1ccc(C(C)C)cc1)([c]1ccc(C(C)C)cc1)[c]1cc(C(C)(C)C)cc2c1Cc1ccc(C(C)(C)C)cc1-2. The summed E-state index contributed by atoms with van der Waals surface area (Å²) in [6, 6.07) is 31.9. The molecule has 0 nitrogen and oxygen atoms in total. The Bertz CT molecular complexity index is 1880. The summed E-state index contributed by atoms with van der Waals surface area (Å²) in [5.41, 5.74) is 11.5. The van der Waals surface area contributed by atoms with E-state index in [4.69, 9.17) is 4.21 Å². The van der Waals surface area contributed by atoms with Gasteiger partial charge in [0.2, 0.25) is 0 Å². The number of allylic oxidation sites excluding steroid dienone is 4. The monoisotopic (exact) mass is 756 g/mol. The van der Waals surface area contributed by atoms with Gasteiger partial charge in [0.25, 0.3) is 0 Å². The van der Waals surface area contributed by atoms with Crippen molar-refractivity contribution in [3.05, 3.63) is 134 Å². The van der Waals surface area contributed by atoms with Crippen LogP contribution in [0.2, 0.25) is 0 Å². The molecule has 0 amide bonds. The normalized spacial score (nSPS) is 14.4. The minimum absolute atomic E-state index is 0. The van der Waals surface area contributed by atoms with Gasteiger partial charge >= 0.3 is 282 Å². The molecular weight excluding hydrogens is 703 g/mol. The fourth-order valence-corrected chi connectivity index (χ4v) is 23.4. The summed E-state index contributed by atoms with van der Waals surface area (Å²) in [4.78, 5) is 0. The molecule has 0 saturated carbocycles. The Morgan fingerprint density at radius 1 is 0.625 bits per heavy atom. The van der Waals surface area contributed by atoms with E-state index < -0.39 is 18.3 Å². The third-order valence-corrected chi connectivity index (χ3v) is 27.6. The molecule has 0 saturated heterocycles. The van der Waals surface area contributed by atoms with Gasteiger partial charge < -0.3 is 0 Å². The molecule has 0 heterocycles. The van der Waals surface area contributed by atoms with E-state index in [0.717, 1.165) is 12.8 Å². The Hall–Kier alpha value is -2.31. The molecule has 4 aromatic rings. The summed E-state index contributed by atoms with van der Waals surface area (Å²) in [6.45, 7) is 23.3. The topological polar surface area (TPSA) is 0 Å². The maximum absolute atomic E-state index is 5.76. The fraction of sp³-hybridized carbons (Fsp3) is 0.356. The molecule has 0 radical (unpaired) electrons. The van der Waals surface area contributed by atoms with Gasteiger partial charge in [-0.3, -0.25) is 0 Å². The van der Waals surface area contributed by atoms with Crippen LogP contribution in [0.1, 0.15) is 121 Å². The van der Waals surface area contributed by atoms with Crippen molar-refractivity contribution in [3.63, 3.8) is 0 Å². The van der Waals surface area contributed by atoms with Crippen LogP contribution >= 0.6 is 24.8 Å². The number of rotatable bonds is 6.